The largest absolute Gasteiger partial charge is 0.393 e. The van der Waals surface area contributed by atoms with Crippen LogP contribution in [0.3, 0.4) is 0 Å². The number of nitrogens with zero attached hydrogens (tertiary/aromatic N) is 2. The molecule has 4 aliphatic rings. The highest BCUT2D eigenvalue weighted by Gasteiger charge is 2.58. The predicted molar refractivity (Wildman–Crippen MR) is 87.8 cm³/mol. The van der Waals surface area contributed by atoms with Crippen molar-refractivity contribution in [2.75, 3.05) is 0 Å². The Labute approximate surface area is 137 Å². The van der Waals surface area contributed by atoms with Crippen molar-refractivity contribution in [3.05, 3.63) is 23.0 Å². The molecule has 2 saturated carbocycles. The van der Waals surface area contributed by atoms with Gasteiger partial charge in [0.1, 0.15) is 0 Å². The van der Waals surface area contributed by atoms with E-state index >= 15 is 0 Å². The lowest BCUT2D eigenvalue weighted by atomic mass is 9.48. The van der Waals surface area contributed by atoms with Gasteiger partial charge in [-0.25, -0.2) is 0 Å². The van der Waals surface area contributed by atoms with Crippen LogP contribution in [0.2, 0.25) is 0 Å². The highest BCUT2D eigenvalue weighted by atomic mass is 16.3. The number of hydrogen-bond donors (Lipinski definition) is 2. The van der Waals surface area contributed by atoms with Crippen LogP contribution in [0.5, 0.6) is 0 Å². The fourth-order valence-electron chi connectivity index (χ4n) is 6.69. The average molecular weight is 313 g/mol. The molecule has 6 unspecified atom stereocenters. The lowest BCUT2D eigenvalue weighted by molar-refractivity contribution is -0.0174. The molecule has 2 N–H and O–H groups in total. The van der Waals surface area contributed by atoms with Crippen molar-refractivity contribution in [3.8, 4) is 0 Å². The first-order valence-electron chi connectivity index (χ1n) is 9.30. The van der Waals surface area contributed by atoms with Crippen molar-refractivity contribution in [2.45, 2.75) is 70.3 Å². The molecule has 0 spiro atoms. The van der Waals surface area contributed by atoms with Gasteiger partial charge in [-0.15, -0.1) is 0 Å². The molecule has 1 aromatic rings. The van der Waals surface area contributed by atoms with Crippen LogP contribution >= 0.6 is 0 Å². The Kier molecular flexibility index (Phi) is 2.76. The summed E-state index contributed by atoms with van der Waals surface area (Å²) in [5, 5.41) is 21.9. The molecule has 5 rings (SSSR count). The van der Waals surface area contributed by atoms with Crippen molar-refractivity contribution in [1.29, 1.82) is 0 Å². The molecule has 0 radical (unpaired) electrons. The molecule has 4 aliphatic carbocycles. The third kappa shape index (κ3) is 1.71. The Bertz CT molecular complexity index is 680. The van der Waals surface area contributed by atoms with Gasteiger partial charge in [-0.2, -0.15) is 15.4 Å². The van der Waals surface area contributed by atoms with Crippen LogP contribution in [0, 0.1) is 23.2 Å². The number of aromatic amines is 1. The molecule has 0 bridgehead atoms. The van der Waals surface area contributed by atoms with Crippen molar-refractivity contribution >= 4 is 0 Å². The molecule has 0 amide bonds. The number of aliphatic hydroxyl groups is 1. The number of H-pyrrole nitrogens is 1. The van der Waals surface area contributed by atoms with Gasteiger partial charge in [0.2, 0.25) is 0 Å². The number of aliphatic hydroxyl groups excluding tert-OH is 1. The summed E-state index contributed by atoms with van der Waals surface area (Å²) in [7, 11) is 0. The van der Waals surface area contributed by atoms with Crippen molar-refractivity contribution in [1.82, 2.24) is 15.4 Å². The Morgan fingerprint density at radius 3 is 2.78 bits per heavy atom. The predicted octanol–water partition coefficient (Wildman–Crippen LogP) is 3.14. The zero-order valence-corrected chi connectivity index (χ0v) is 14.2. The first-order valence-corrected chi connectivity index (χ1v) is 9.30. The molecule has 0 aliphatic heterocycles. The van der Waals surface area contributed by atoms with Gasteiger partial charge in [0, 0.05) is 5.41 Å². The van der Waals surface area contributed by atoms with E-state index < -0.39 is 0 Å². The van der Waals surface area contributed by atoms with Crippen LogP contribution in [0.1, 0.15) is 63.8 Å². The Balaban J connectivity index is 1.53. The van der Waals surface area contributed by atoms with Gasteiger partial charge in [0.05, 0.1) is 17.5 Å². The molecule has 1 heterocycles. The van der Waals surface area contributed by atoms with E-state index in [9.17, 15) is 5.11 Å². The van der Waals surface area contributed by atoms with E-state index in [1.165, 1.54) is 30.7 Å². The molecule has 4 nitrogen and oxygen atoms in total. The second-order valence-electron chi connectivity index (χ2n) is 8.94. The van der Waals surface area contributed by atoms with Crippen molar-refractivity contribution < 1.29 is 5.11 Å². The fraction of sp³-hybridized carbons (Fsp3) is 0.789. The van der Waals surface area contributed by atoms with Crippen molar-refractivity contribution in [2.24, 2.45) is 23.2 Å². The van der Waals surface area contributed by atoms with Crippen LogP contribution in [0.4, 0.5) is 0 Å². The summed E-state index contributed by atoms with van der Waals surface area (Å²) >= 11 is 0. The molecule has 0 aromatic carbocycles. The third-order valence-corrected chi connectivity index (χ3v) is 8.04. The maximum Gasteiger partial charge on any atom is 0.0918 e. The maximum atomic E-state index is 10.1. The highest BCUT2D eigenvalue weighted by molar-refractivity contribution is 5.34. The third-order valence-electron chi connectivity index (χ3n) is 8.04. The maximum absolute atomic E-state index is 10.1. The van der Waals surface area contributed by atoms with Gasteiger partial charge < -0.3 is 5.11 Å². The Morgan fingerprint density at radius 2 is 1.91 bits per heavy atom. The van der Waals surface area contributed by atoms with E-state index in [-0.39, 0.29) is 11.5 Å². The molecule has 1 aromatic heterocycles. The Hall–Kier alpha value is -1.16. The first kappa shape index (κ1) is 14.2. The van der Waals surface area contributed by atoms with E-state index in [1.807, 2.05) is 0 Å². The molecular formula is C19H27N3O. The summed E-state index contributed by atoms with van der Waals surface area (Å²) in [5.74, 6) is 2.23. The fourth-order valence-corrected chi connectivity index (χ4v) is 6.69. The van der Waals surface area contributed by atoms with Gasteiger partial charge in [-0.05, 0) is 68.1 Å². The van der Waals surface area contributed by atoms with Crippen LogP contribution in [-0.2, 0) is 11.8 Å². The van der Waals surface area contributed by atoms with Gasteiger partial charge in [-0.1, -0.05) is 25.5 Å². The second kappa shape index (κ2) is 4.47. The molecule has 2 fully saturated rings. The number of fused-ring (bicyclic) bond motifs is 7. The Morgan fingerprint density at radius 1 is 1.09 bits per heavy atom. The van der Waals surface area contributed by atoms with E-state index in [0.29, 0.717) is 11.3 Å². The second-order valence-corrected chi connectivity index (χ2v) is 8.94. The normalized spacial score (nSPS) is 48.0. The van der Waals surface area contributed by atoms with E-state index in [1.54, 1.807) is 5.57 Å². The van der Waals surface area contributed by atoms with Crippen LogP contribution in [0.25, 0.3) is 0 Å². The van der Waals surface area contributed by atoms with Crippen LogP contribution in [0.15, 0.2) is 11.6 Å². The molecule has 0 saturated heterocycles. The number of hydrogen-bond acceptors (Lipinski definition) is 3. The average Bonchev–Trinajstić information content (AvgIpc) is 3.09. The molecule has 23 heavy (non-hydrogen) atoms. The summed E-state index contributed by atoms with van der Waals surface area (Å²) < 4.78 is 0. The minimum atomic E-state index is -0.111. The summed E-state index contributed by atoms with van der Waals surface area (Å²) in [5.41, 5.74) is 4.57. The molecule has 6 atom stereocenters. The molecule has 124 valence electrons. The number of rotatable bonds is 0. The standard InChI is InChI=1S/C19H27N3O/c1-18-7-5-12(23)9-11(18)3-4-13-14(18)6-8-19(2)15(13)10-16-17(19)21-22-20-16/h3,12-15,23H,4-10H2,1-2H3,(H,20,21,22). The van der Waals surface area contributed by atoms with Gasteiger partial charge in [0.25, 0.3) is 0 Å². The minimum absolute atomic E-state index is 0.111. The van der Waals surface area contributed by atoms with Crippen LogP contribution in [-0.4, -0.2) is 26.6 Å². The number of aromatic nitrogens is 3. The van der Waals surface area contributed by atoms with Gasteiger partial charge in [0.15, 0.2) is 0 Å². The highest BCUT2D eigenvalue weighted by Crippen LogP contribution is 2.63. The van der Waals surface area contributed by atoms with E-state index in [2.05, 4.69) is 35.3 Å². The van der Waals surface area contributed by atoms with E-state index in [0.717, 1.165) is 37.5 Å². The monoisotopic (exact) mass is 313 g/mol. The van der Waals surface area contributed by atoms with Gasteiger partial charge in [-0.3, -0.25) is 0 Å². The summed E-state index contributed by atoms with van der Waals surface area (Å²) in [6, 6.07) is 0. The lowest BCUT2D eigenvalue weighted by Gasteiger charge is -2.57. The molecule has 4 heteroatoms. The number of nitrogens with one attached hydrogen (secondary N) is 1. The molecular weight excluding hydrogens is 286 g/mol. The summed E-state index contributed by atoms with van der Waals surface area (Å²) in [6.07, 6.45) is 10.3. The van der Waals surface area contributed by atoms with Crippen molar-refractivity contribution in [3.63, 3.8) is 0 Å². The zero-order chi connectivity index (χ0) is 15.8. The smallest absolute Gasteiger partial charge is 0.0918 e. The minimum Gasteiger partial charge on any atom is -0.393 e. The van der Waals surface area contributed by atoms with Crippen LogP contribution < -0.4 is 0 Å². The number of allylic oxidation sites excluding steroid dienone is 1. The van der Waals surface area contributed by atoms with E-state index in [4.69, 9.17) is 0 Å². The zero-order valence-electron chi connectivity index (χ0n) is 14.2. The summed E-state index contributed by atoms with van der Waals surface area (Å²) in [4.78, 5) is 0. The lowest BCUT2D eigenvalue weighted by Crippen LogP contribution is -2.51. The summed E-state index contributed by atoms with van der Waals surface area (Å²) in [6.45, 7) is 4.91. The SMILES string of the molecule is CC12CCC(O)CC1=CCC1C2CCC2(C)c3n[nH]nc3CC12. The first-order chi connectivity index (χ1) is 11.0. The van der Waals surface area contributed by atoms with Gasteiger partial charge >= 0.3 is 0 Å². The topological polar surface area (TPSA) is 61.8 Å². The quantitative estimate of drug-likeness (QED) is 0.723.